The first-order valence-corrected chi connectivity index (χ1v) is 7.84. The van der Waals surface area contributed by atoms with Crippen LogP contribution in [0.4, 0.5) is 0 Å². The number of hydrogen-bond donors (Lipinski definition) is 2. The van der Waals surface area contributed by atoms with Crippen LogP contribution in [0, 0.1) is 0 Å². The number of nitrogens with two attached hydrogens (primary N) is 1. The number of benzene rings is 1. The summed E-state index contributed by atoms with van der Waals surface area (Å²) >= 11 is 0. The van der Waals surface area contributed by atoms with Crippen LogP contribution in [0.5, 0.6) is 0 Å². The van der Waals surface area contributed by atoms with Crippen LogP contribution in [-0.4, -0.2) is 19.1 Å². The van der Waals surface area contributed by atoms with E-state index in [0.717, 1.165) is 24.0 Å². The topological polar surface area (TPSA) is 64.3 Å². The molecule has 0 spiro atoms. The van der Waals surface area contributed by atoms with Crippen LogP contribution in [0.25, 0.3) is 0 Å². The fourth-order valence-electron chi connectivity index (χ4n) is 3.11. The lowest BCUT2D eigenvalue weighted by Crippen LogP contribution is -2.40. The minimum atomic E-state index is -0.431. The smallest absolute Gasteiger partial charge is 0.239 e. The molecule has 0 aliphatic heterocycles. The maximum absolute atomic E-state index is 11.9. The highest BCUT2D eigenvalue weighted by Crippen LogP contribution is 2.23. The number of amides is 1. The molecule has 0 bridgehead atoms. The van der Waals surface area contributed by atoms with E-state index in [1.54, 1.807) is 7.11 Å². The second kappa shape index (κ2) is 8.15. The molecule has 1 aromatic carbocycles. The SMILES string of the molecule is COCc1ccccc1C(NC1CCCCCC1)C(N)=O. The molecule has 0 radical (unpaired) electrons. The molecule has 3 N–H and O–H groups in total. The molecule has 1 atom stereocenters. The van der Waals surface area contributed by atoms with Gasteiger partial charge in [0.1, 0.15) is 6.04 Å². The molecule has 4 nitrogen and oxygen atoms in total. The molecule has 21 heavy (non-hydrogen) atoms. The molecular weight excluding hydrogens is 264 g/mol. The number of ether oxygens (including phenoxy) is 1. The second-order valence-corrected chi connectivity index (χ2v) is 5.82. The lowest BCUT2D eigenvalue weighted by molar-refractivity contribution is -0.120. The zero-order chi connectivity index (χ0) is 15.1. The van der Waals surface area contributed by atoms with Gasteiger partial charge in [-0.15, -0.1) is 0 Å². The number of carbonyl (C=O) groups is 1. The lowest BCUT2D eigenvalue weighted by Gasteiger charge is -2.24. The number of carbonyl (C=O) groups excluding carboxylic acids is 1. The van der Waals surface area contributed by atoms with E-state index in [-0.39, 0.29) is 5.91 Å². The molecule has 1 unspecified atom stereocenters. The Labute approximate surface area is 127 Å². The van der Waals surface area contributed by atoms with E-state index in [2.05, 4.69) is 5.32 Å². The molecule has 2 rings (SSSR count). The van der Waals surface area contributed by atoms with Crippen LogP contribution >= 0.6 is 0 Å². The van der Waals surface area contributed by atoms with E-state index in [1.165, 1.54) is 25.7 Å². The molecule has 0 saturated heterocycles. The summed E-state index contributed by atoms with van der Waals surface area (Å²) in [7, 11) is 1.66. The van der Waals surface area contributed by atoms with E-state index in [4.69, 9.17) is 10.5 Å². The van der Waals surface area contributed by atoms with Crippen LogP contribution in [0.2, 0.25) is 0 Å². The fraction of sp³-hybridized carbons (Fsp3) is 0.588. The van der Waals surface area contributed by atoms with Gasteiger partial charge in [0.15, 0.2) is 0 Å². The van der Waals surface area contributed by atoms with E-state index in [9.17, 15) is 4.79 Å². The van der Waals surface area contributed by atoms with E-state index in [0.29, 0.717) is 12.6 Å². The maximum Gasteiger partial charge on any atom is 0.239 e. The maximum atomic E-state index is 11.9. The fourth-order valence-corrected chi connectivity index (χ4v) is 3.11. The van der Waals surface area contributed by atoms with E-state index >= 15 is 0 Å². The first-order valence-electron chi connectivity index (χ1n) is 7.84. The van der Waals surface area contributed by atoms with Gasteiger partial charge in [0.25, 0.3) is 0 Å². The predicted molar refractivity (Wildman–Crippen MR) is 83.7 cm³/mol. The van der Waals surface area contributed by atoms with Crippen molar-refractivity contribution in [1.29, 1.82) is 0 Å². The molecule has 0 aromatic heterocycles. The minimum absolute atomic E-state index is 0.317. The van der Waals surface area contributed by atoms with Gasteiger partial charge in [-0.3, -0.25) is 10.1 Å². The Morgan fingerprint density at radius 3 is 2.57 bits per heavy atom. The summed E-state index contributed by atoms with van der Waals surface area (Å²) in [6.45, 7) is 0.492. The Morgan fingerprint density at radius 1 is 1.29 bits per heavy atom. The highest BCUT2D eigenvalue weighted by Gasteiger charge is 2.24. The van der Waals surface area contributed by atoms with Crippen LogP contribution in [0.15, 0.2) is 24.3 Å². The molecule has 1 aliphatic rings. The third-order valence-electron chi connectivity index (χ3n) is 4.21. The lowest BCUT2D eigenvalue weighted by atomic mass is 9.98. The van der Waals surface area contributed by atoms with Crippen LogP contribution < -0.4 is 11.1 Å². The third-order valence-corrected chi connectivity index (χ3v) is 4.21. The Hall–Kier alpha value is -1.39. The Kier molecular flexibility index (Phi) is 6.21. The van der Waals surface area contributed by atoms with Gasteiger partial charge in [0.05, 0.1) is 6.61 Å². The van der Waals surface area contributed by atoms with Gasteiger partial charge in [0.2, 0.25) is 5.91 Å². The normalized spacial score (nSPS) is 18.1. The number of nitrogens with one attached hydrogen (secondary N) is 1. The van der Waals surface area contributed by atoms with Crippen molar-refractivity contribution in [2.45, 2.75) is 57.2 Å². The van der Waals surface area contributed by atoms with Crippen molar-refractivity contribution in [3.63, 3.8) is 0 Å². The van der Waals surface area contributed by atoms with E-state index < -0.39 is 6.04 Å². The number of methoxy groups -OCH3 is 1. The summed E-state index contributed by atoms with van der Waals surface area (Å²) in [6.07, 6.45) is 7.28. The van der Waals surface area contributed by atoms with Crippen molar-refractivity contribution in [2.24, 2.45) is 5.73 Å². The quantitative estimate of drug-likeness (QED) is 0.792. The predicted octanol–water partition coefficient (Wildman–Crippen LogP) is 2.67. The summed E-state index contributed by atoms with van der Waals surface area (Å²) < 4.78 is 5.23. The molecule has 1 fully saturated rings. The van der Waals surface area contributed by atoms with Crippen molar-refractivity contribution in [3.8, 4) is 0 Å². The summed E-state index contributed by atoms with van der Waals surface area (Å²) in [5.41, 5.74) is 7.61. The molecule has 1 amide bonds. The number of primary amides is 1. The van der Waals surface area contributed by atoms with Crippen molar-refractivity contribution in [3.05, 3.63) is 35.4 Å². The monoisotopic (exact) mass is 290 g/mol. The van der Waals surface area contributed by atoms with Crippen molar-refractivity contribution >= 4 is 5.91 Å². The highest BCUT2D eigenvalue weighted by molar-refractivity contribution is 5.82. The van der Waals surface area contributed by atoms with Gasteiger partial charge in [-0.1, -0.05) is 49.9 Å². The average Bonchev–Trinajstić information content (AvgIpc) is 2.74. The van der Waals surface area contributed by atoms with Gasteiger partial charge in [0, 0.05) is 13.2 Å². The van der Waals surface area contributed by atoms with E-state index in [1.807, 2.05) is 24.3 Å². The molecule has 1 saturated carbocycles. The first-order chi connectivity index (χ1) is 10.2. The molecule has 116 valence electrons. The Morgan fingerprint density at radius 2 is 1.95 bits per heavy atom. The summed E-state index contributed by atoms with van der Waals surface area (Å²) in [5, 5.41) is 3.48. The molecular formula is C17H26N2O2. The zero-order valence-electron chi connectivity index (χ0n) is 12.8. The number of hydrogen-bond acceptors (Lipinski definition) is 3. The third kappa shape index (κ3) is 4.55. The summed E-state index contributed by atoms with van der Waals surface area (Å²) in [4.78, 5) is 11.9. The molecule has 1 aromatic rings. The molecule has 0 heterocycles. The van der Waals surface area contributed by atoms with Gasteiger partial charge in [-0.25, -0.2) is 0 Å². The van der Waals surface area contributed by atoms with Crippen molar-refractivity contribution in [1.82, 2.24) is 5.32 Å². The Bertz CT molecular complexity index is 454. The van der Waals surface area contributed by atoms with Crippen LogP contribution in [0.1, 0.15) is 55.7 Å². The molecule has 4 heteroatoms. The van der Waals surface area contributed by atoms with Gasteiger partial charge in [-0.2, -0.15) is 0 Å². The Balaban J connectivity index is 2.16. The minimum Gasteiger partial charge on any atom is -0.380 e. The second-order valence-electron chi connectivity index (χ2n) is 5.82. The van der Waals surface area contributed by atoms with Crippen molar-refractivity contribution < 1.29 is 9.53 Å². The highest BCUT2D eigenvalue weighted by atomic mass is 16.5. The first kappa shape index (κ1) is 16.0. The standard InChI is InChI=1S/C17H26N2O2/c1-21-12-13-8-6-7-11-15(13)16(17(18)20)19-14-9-4-2-3-5-10-14/h6-8,11,14,16,19H,2-5,9-10,12H2,1H3,(H2,18,20). The average molecular weight is 290 g/mol. The van der Waals surface area contributed by atoms with Gasteiger partial charge < -0.3 is 10.5 Å². The number of rotatable bonds is 6. The summed E-state index contributed by atoms with van der Waals surface area (Å²) in [6, 6.07) is 7.80. The van der Waals surface area contributed by atoms with Gasteiger partial charge in [-0.05, 0) is 24.0 Å². The zero-order valence-corrected chi connectivity index (χ0v) is 12.8. The van der Waals surface area contributed by atoms with Crippen LogP contribution in [-0.2, 0) is 16.1 Å². The van der Waals surface area contributed by atoms with Crippen molar-refractivity contribution in [2.75, 3.05) is 7.11 Å². The molecule has 1 aliphatic carbocycles. The summed E-state index contributed by atoms with van der Waals surface area (Å²) in [5.74, 6) is -0.317. The van der Waals surface area contributed by atoms with Crippen LogP contribution in [0.3, 0.4) is 0 Å². The largest absolute Gasteiger partial charge is 0.380 e. The van der Waals surface area contributed by atoms with Gasteiger partial charge >= 0.3 is 0 Å².